The largest absolute Gasteiger partial charge is 0.387 e. The lowest BCUT2D eigenvalue weighted by Crippen LogP contribution is -2.41. The Morgan fingerprint density at radius 2 is 1.92 bits per heavy atom. The molecule has 0 aromatic heterocycles. The number of carbonyl (C=O) groups excluding carboxylic acids is 1. The second kappa shape index (κ2) is 5.35. The minimum atomic E-state index is -0.278. The third kappa shape index (κ3) is 9.50. The summed E-state index contributed by atoms with van der Waals surface area (Å²) in [5.74, 6) is 0.206. The molecule has 3 heteroatoms. The number of hydrogen-bond donors (Lipinski definition) is 1. The van der Waals surface area contributed by atoms with Gasteiger partial charge in [0.1, 0.15) is 18.4 Å². The van der Waals surface area contributed by atoms with E-state index in [-0.39, 0.29) is 11.9 Å². The second-order valence-corrected chi connectivity index (χ2v) is 4.72. The van der Waals surface area contributed by atoms with Crippen LogP contribution in [-0.4, -0.2) is 49.2 Å². The molecule has 0 spiro atoms. The van der Waals surface area contributed by atoms with E-state index in [4.69, 9.17) is 0 Å². The first-order valence-electron chi connectivity index (χ1n) is 4.79. The van der Waals surface area contributed by atoms with Crippen molar-refractivity contribution in [3.63, 3.8) is 0 Å². The van der Waals surface area contributed by atoms with Crippen molar-refractivity contribution >= 4 is 5.78 Å². The Labute approximate surface area is 80.9 Å². The Bertz CT molecular complexity index is 161. The third-order valence-corrected chi connectivity index (χ3v) is 1.82. The Morgan fingerprint density at radius 3 is 2.31 bits per heavy atom. The molecular weight excluding hydrogens is 166 g/mol. The summed E-state index contributed by atoms with van der Waals surface area (Å²) in [6.45, 7) is 2.34. The van der Waals surface area contributed by atoms with Gasteiger partial charge in [-0.1, -0.05) is 0 Å². The summed E-state index contributed by atoms with van der Waals surface area (Å²) in [6.07, 6.45) is 1.85. The molecule has 0 rings (SSSR count). The number of aliphatic hydroxyl groups is 1. The van der Waals surface area contributed by atoms with E-state index < -0.39 is 0 Å². The van der Waals surface area contributed by atoms with Crippen LogP contribution in [0, 0.1) is 0 Å². The van der Waals surface area contributed by atoms with Crippen molar-refractivity contribution in [2.45, 2.75) is 32.3 Å². The van der Waals surface area contributed by atoms with Gasteiger partial charge >= 0.3 is 0 Å². The van der Waals surface area contributed by atoms with Gasteiger partial charge in [0.2, 0.25) is 0 Å². The molecule has 13 heavy (non-hydrogen) atoms. The molecule has 1 N–H and O–H groups in total. The van der Waals surface area contributed by atoms with Crippen LogP contribution < -0.4 is 0 Å². The highest BCUT2D eigenvalue weighted by molar-refractivity contribution is 5.75. The van der Waals surface area contributed by atoms with Gasteiger partial charge in [-0.05, 0) is 19.8 Å². The molecule has 0 fully saturated rings. The maximum Gasteiger partial charge on any atom is 0.129 e. The van der Waals surface area contributed by atoms with Crippen molar-refractivity contribution < 1.29 is 14.4 Å². The van der Waals surface area contributed by atoms with Crippen LogP contribution >= 0.6 is 0 Å². The number of hydrogen-bond acceptors (Lipinski definition) is 2. The van der Waals surface area contributed by atoms with Crippen molar-refractivity contribution in [3.05, 3.63) is 0 Å². The minimum absolute atomic E-state index is 0.206. The van der Waals surface area contributed by atoms with E-state index in [2.05, 4.69) is 0 Å². The molecule has 0 aliphatic heterocycles. The molecule has 1 unspecified atom stereocenters. The molecule has 0 saturated heterocycles. The van der Waals surface area contributed by atoms with Crippen LogP contribution in [0.2, 0.25) is 0 Å². The summed E-state index contributed by atoms with van der Waals surface area (Å²) in [7, 11) is 6.15. The van der Waals surface area contributed by atoms with Gasteiger partial charge in [-0.3, -0.25) is 0 Å². The van der Waals surface area contributed by atoms with Gasteiger partial charge in [0.15, 0.2) is 0 Å². The maximum atomic E-state index is 10.6. The van der Waals surface area contributed by atoms with Gasteiger partial charge in [-0.25, -0.2) is 0 Å². The molecule has 0 heterocycles. The zero-order chi connectivity index (χ0) is 10.5. The number of likely N-dealkylation sites (N-methyl/N-ethyl adjacent to an activating group) is 1. The predicted octanol–water partition coefficient (Wildman–Crippen LogP) is 0.813. The zero-order valence-corrected chi connectivity index (χ0v) is 9.21. The number of rotatable bonds is 6. The molecule has 1 atom stereocenters. The van der Waals surface area contributed by atoms with Gasteiger partial charge in [0, 0.05) is 6.42 Å². The number of ketones is 1. The first kappa shape index (κ1) is 12.6. The van der Waals surface area contributed by atoms with Crippen LogP contribution in [0.15, 0.2) is 0 Å². The van der Waals surface area contributed by atoms with E-state index in [0.29, 0.717) is 6.42 Å². The van der Waals surface area contributed by atoms with E-state index >= 15 is 0 Å². The van der Waals surface area contributed by atoms with Gasteiger partial charge in [-0.15, -0.1) is 0 Å². The number of quaternary nitrogens is 1. The van der Waals surface area contributed by atoms with Gasteiger partial charge in [0.25, 0.3) is 0 Å². The SMILES string of the molecule is CC(=O)CCCC(O)C[N+](C)(C)C. The average molecular weight is 188 g/mol. The van der Waals surface area contributed by atoms with Crippen molar-refractivity contribution in [3.8, 4) is 0 Å². The molecule has 0 aliphatic carbocycles. The lowest BCUT2D eigenvalue weighted by atomic mass is 10.1. The number of nitrogens with zero attached hydrogens (tertiary/aromatic N) is 1. The minimum Gasteiger partial charge on any atom is -0.387 e. The first-order valence-corrected chi connectivity index (χ1v) is 4.79. The fourth-order valence-electron chi connectivity index (χ4n) is 1.31. The molecule has 3 nitrogen and oxygen atoms in total. The van der Waals surface area contributed by atoms with E-state index in [1.54, 1.807) is 6.92 Å². The van der Waals surface area contributed by atoms with Crippen molar-refractivity contribution in [1.82, 2.24) is 0 Å². The quantitative estimate of drug-likeness (QED) is 0.626. The topological polar surface area (TPSA) is 37.3 Å². The summed E-state index contributed by atoms with van der Waals surface area (Å²) in [5, 5.41) is 9.57. The van der Waals surface area contributed by atoms with E-state index in [9.17, 15) is 9.90 Å². The molecule has 0 aliphatic rings. The van der Waals surface area contributed by atoms with Gasteiger partial charge in [-0.2, -0.15) is 0 Å². The first-order chi connectivity index (χ1) is 5.81. The van der Waals surface area contributed by atoms with Crippen molar-refractivity contribution in [1.29, 1.82) is 0 Å². The highest BCUT2D eigenvalue weighted by Crippen LogP contribution is 2.04. The highest BCUT2D eigenvalue weighted by Gasteiger charge is 2.14. The number of Topliss-reactive ketones (excluding diaryl/α,β-unsaturated/α-hetero) is 1. The molecular formula is C10H22NO2+. The molecule has 0 aromatic carbocycles. The fourth-order valence-corrected chi connectivity index (χ4v) is 1.31. The average Bonchev–Trinajstić information content (AvgIpc) is 1.81. The van der Waals surface area contributed by atoms with E-state index in [0.717, 1.165) is 23.9 Å². The van der Waals surface area contributed by atoms with Crippen LogP contribution in [-0.2, 0) is 4.79 Å². The van der Waals surface area contributed by atoms with Gasteiger partial charge in [0.05, 0.1) is 21.1 Å². The van der Waals surface area contributed by atoms with Crippen LogP contribution in [0.1, 0.15) is 26.2 Å². The van der Waals surface area contributed by atoms with Crippen LogP contribution in [0.25, 0.3) is 0 Å². The monoisotopic (exact) mass is 188 g/mol. The highest BCUT2D eigenvalue weighted by atomic mass is 16.3. The summed E-state index contributed by atoms with van der Waals surface area (Å²) >= 11 is 0. The van der Waals surface area contributed by atoms with Crippen molar-refractivity contribution in [2.75, 3.05) is 27.7 Å². The van der Waals surface area contributed by atoms with E-state index in [1.807, 2.05) is 21.1 Å². The summed E-state index contributed by atoms with van der Waals surface area (Å²) in [5.41, 5.74) is 0. The normalized spacial score (nSPS) is 14.2. The number of carbonyl (C=O) groups is 1. The molecule has 0 aromatic rings. The van der Waals surface area contributed by atoms with Crippen LogP contribution in [0.5, 0.6) is 0 Å². The lowest BCUT2D eigenvalue weighted by molar-refractivity contribution is -0.873. The third-order valence-electron chi connectivity index (χ3n) is 1.82. The van der Waals surface area contributed by atoms with Crippen molar-refractivity contribution in [2.24, 2.45) is 0 Å². The second-order valence-electron chi connectivity index (χ2n) is 4.72. The lowest BCUT2D eigenvalue weighted by Gasteiger charge is -2.26. The predicted molar refractivity (Wildman–Crippen MR) is 53.4 cm³/mol. The Kier molecular flexibility index (Phi) is 5.18. The zero-order valence-electron chi connectivity index (χ0n) is 9.21. The van der Waals surface area contributed by atoms with Gasteiger partial charge < -0.3 is 14.4 Å². The Morgan fingerprint density at radius 1 is 1.38 bits per heavy atom. The smallest absolute Gasteiger partial charge is 0.129 e. The maximum absolute atomic E-state index is 10.6. The molecule has 0 radical (unpaired) electrons. The fraction of sp³-hybridized carbons (Fsp3) is 0.900. The standard InChI is InChI=1S/C10H22NO2/c1-9(12)6-5-7-10(13)8-11(2,3)4/h10,13H,5-8H2,1-4H3/q+1. The van der Waals surface area contributed by atoms with E-state index in [1.165, 1.54) is 0 Å². The summed E-state index contributed by atoms with van der Waals surface area (Å²) in [4.78, 5) is 10.6. The molecule has 0 bridgehead atoms. The Balaban J connectivity index is 3.52. The summed E-state index contributed by atoms with van der Waals surface area (Å²) in [6, 6.07) is 0. The summed E-state index contributed by atoms with van der Waals surface area (Å²) < 4.78 is 0.765. The Hall–Kier alpha value is -0.410. The molecule has 78 valence electrons. The molecule has 0 amide bonds. The molecule has 0 saturated carbocycles. The number of aliphatic hydroxyl groups excluding tert-OH is 1. The van der Waals surface area contributed by atoms with Crippen LogP contribution in [0.3, 0.4) is 0 Å². The van der Waals surface area contributed by atoms with Crippen LogP contribution in [0.4, 0.5) is 0 Å².